The van der Waals surface area contributed by atoms with E-state index in [2.05, 4.69) is 21.4 Å². The number of nitrogens with one attached hydrogen (secondary N) is 1. The van der Waals surface area contributed by atoms with Crippen molar-refractivity contribution in [2.75, 3.05) is 31.1 Å². The van der Waals surface area contributed by atoms with E-state index in [9.17, 15) is 19.6 Å². The van der Waals surface area contributed by atoms with Gasteiger partial charge in [0.15, 0.2) is 5.82 Å². The first kappa shape index (κ1) is 22.3. The Morgan fingerprint density at radius 3 is 2.79 bits per heavy atom. The van der Waals surface area contributed by atoms with Crippen LogP contribution in [0.1, 0.15) is 6.42 Å². The summed E-state index contributed by atoms with van der Waals surface area (Å²) in [5.41, 5.74) is -0.712. The second kappa shape index (κ2) is 8.66. The molecule has 1 aromatic heterocycles. The average molecular weight is 485 g/mol. The number of anilines is 1. The third-order valence-corrected chi connectivity index (χ3v) is 6.44. The predicted octanol–water partition coefficient (Wildman–Crippen LogP) is 2.84. The molecule has 2 saturated heterocycles. The van der Waals surface area contributed by atoms with Crippen LogP contribution in [0.2, 0.25) is 5.02 Å². The van der Waals surface area contributed by atoms with E-state index in [-0.39, 0.29) is 46.1 Å². The number of aromatic hydroxyl groups is 1. The Hall–Kier alpha value is -3.55. The Balaban J connectivity index is 1.55. The molecule has 174 valence electrons. The molecule has 0 radical (unpaired) electrons. The summed E-state index contributed by atoms with van der Waals surface area (Å²) in [5.74, 6) is -1.78. The standard InChI is InChI=1S/C23H19ClF2N6O2/c24-14-8-13-21(20(26)18(14)19-15(25)2-1-3-17(19)33)29-11-30-22(13)31-6-7-32(12(10-31)4-5-27)23(34)16-9-28-16/h1-3,8,11-12,16,28,33H,4,6-7,9-10H2/t12-,16+/m0/s1. The molecule has 2 fully saturated rings. The molecule has 3 heterocycles. The maximum atomic E-state index is 15.6. The van der Waals surface area contributed by atoms with E-state index in [4.69, 9.17) is 11.6 Å². The van der Waals surface area contributed by atoms with Gasteiger partial charge in [0, 0.05) is 37.1 Å². The molecule has 5 rings (SSSR count). The van der Waals surface area contributed by atoms with Crippen LogP contribution in [0.25, 0.3) is 22.0 Å². The zero-order chi connectivity index (χ0) is 24.0. The van der Waals surface area contributed by atoms with E-state index >= 15 is 4.39 Å². The molecule has 2 aliphatic rings. The van der Waals surface area contributed by atoms with Crippen molar-refractivity contribution in [3.8, 4) is 22.9 Å². The predicted molar refractivity (Wildman–Crippen MR) is 121 cm³/mol. The number of carbonyl (C=O) groups is 1. The molecule has 0 aliphatic carbocycles. The van der Waals surface area contributed by atoms with Gasteiger partial charge >= 0.3 is 0 Å². The second-order valence-corrected chi connectivity index (χ2v) is 8.64. The number of benzene rings is 2. The van der Waals surface area contributed by atoms with E-state index in [1.807, 2.05) is 4.90 Å². The molecule has 11 heteroatoms. The minimum atomic E-state index is -0.881. The molecule has 3 aromatic rings. The number of fused-ring (bicyclic) bond motifs is 1. The van der Waals surface area contributed by atoms with E-state index in [1.165, 1.54) is 24.5 Å². The van der Waals surface area contributed by atoms with Crippen molar-refractivity contribution in [2.45, 2.75) is 18.5 Å². The monoisotopic (exact) mass is 484 g/mol. The fraction of sp³-hybridized carbons (Fsp3) is 0.304. The van der Waals surface area contributed by atoms with Gasteiger partial charge < -0.3 is 20.2 Å². The number of phenolic OH excluding ortho intramolecular Hbond substituents is 1. The van der Waals surface area contributed by atoms with Gasteiger partial charge in [0.05, 0.1) is 35.2 Å². The zero-order valence-electron chi connectivity index (χ0n) is 17.8. The van der Waals surface area contributed by atoms with E-state index in [0.717, 1.165) is 6.07 Å². The molecule has 0 bridgehead atoms. The smallest absolute Gasteiger partial charge is 0.241 e. The van der Waals surface area contributed by atoms with Crippen molar-refractivity contribution in [1.29, 1.82) is 5.26 Å². The SMILES string of the molecule is N#CC[C@H]1CN(c2ncnc3c(F)c(-c4c(O)cccc4F)c(Cl)cc23)CCN1C(=O)[C@H]1CN1. The third-order valence-electron chi connectivity index (χ3n) is 6.14. The Morgan fingerprint density at radius 1 is 1.29 bits per heavy atom. The molecule has 0 saturated carbocycles. The molecular weight excluding hydrogens is 466 g/mol. The fourth-order valence-corrected chi connectivity index (χ4v) is 4.70. The van der Waals surface area contributed by atoms with Gasteiger partial charge in [-0.2, -0.15) is 5.26 Å². The number of aromatic nitrogens is 2. The first-order chi connectivity index (χ1) is 16.4. The highest BCUT2D eigenvalue weighted by atomic mass is 35.5. The molecule has 2 N–H and O–H groups in total. The van der Waals surface area contributed by atoms with Crippen molar-refractivity contribution in [3.63, 3.8) is 0 Å². The molecular formula is C23H19ClF2N6O2. The Bertz CT molecular complexity index is 1320. The molecule has 2 atom stereocenters. The minimum Gasteiger partial charge on any atom is -0.507 e. The Morgan fingerprint density at radius 2 is 2.09 bits per heavy atom. The zero-order valence-corrected chi connectivity index (χ0v) is 18.6. The number of halogens is 3. The quantitative estimate of drug-likeness (QED) is 0.547. The van der Waals surface area contributed by atoms with Gasteiger partial charge in [0.25, 0.3) is 0 Å². The second-order valence-electron chi connectivity index (χ2n) is 8.23. The highest BCUT2D eigenvalue weighted by Crippen LogP contribution is 2.42. The van der Waals surface area contributed by atoms with E-state index in [1.54, 1.807) is 4.90 Å². The van der Waals surface area contributed by atoms with Crippen LogP contribution in [0.4, 0.5) is 14.6 Å². The number of phenols is 1. The fourth-order valence-electron chi connectivity index (χ4n) is 4.41. The minimum absolute atomic E-state index is 0.0316. The third kappa shape index (κ3) is 3.77. The van der Waals surface area contributed by atoms with Gasteiger partial charge in [-0.15, -0.1) is 0 Å². The van der Waals surface area contributed by atoms with Crippen LogP contribution in [0, 0.1) is 23.0 Å². The first-order valence-electron chi connectivity index (χ1n) is 10.7. The lowest BCUT2D eigenvalue weighted by Crippen LogP contribution is -2.56. The molecule has 8 nitrogen and oxygen atoms in total. The Kier molecular flexibility index (Phi) is 5.67. The molecule has 34 heavy (non-hydrogen) atoms. The van der Waals surface area contributed by atoms with Gasteiger partial charge in [0.2, 0.25) is 5.91 Å². The number of hydrogen-bond acceptors (Lipinski definition) is 7. The number of hydrogen-bond donors (Lipinski definition) is 2. The van der Waals surface area contributed by atoms with Gasteiger partial charge in [-0.25, -0.2) is 18.7 Å². The van der Waals surface area contributed by atoms with Crippen molar-refractivity contribution in [1.82, 2.24) is 20.2 Å². The van der Waals surface area contributed by atoms with Gasteiger partial charge in [-0.1, -0.05) is 17.7 Å². The van der Waals surface area contributed by atoms with E-state index < -0.39 is 17.4 Å². The van der Waals surface area contributed by atoms with Crippen molar-refractivity contribution in [3.05, 3.63) is 47.2 Å². The normalized spacial score (nSPS) is 19.8. The van der Waals surface area contributed by atoms with Gasteiger partial charge in [-0.3, -0.25) is 4.79 Å². The van der Waals surface area contributed by atoms with Gasteiger partial charge in [-0.05, 0) is 18.2 Å². The largest absolute Gasteiger partial charge is 0.507 e. The van der Waals surface area contributed by atoms with Gasteiger partial charge in [0.1, 0.15) is 29.2 Å². The van der Waals surface area contributed by atoms with Crippen LogP contribution in [0.3, 0.4) is 0 Å². The van der Waals surface area contributed by atoms with Crippen LogP contribution in [0.15, 0.2) is 30.6 Å². The summed E-state index contributed by atoms with van der Waals surface area (Å²) in [6.07, 6.45) is 1.34. The number of nitrogens with zero attached hydrogens (tertiary/aromatic N) is 5. The van der Waals surface area contributed by atoms with Crippen LogP contribution >= 0.6 is 11.6 Å². The van der Waals surface area contributed by atoms with Crippen molar-refractivity contribution < 1.29 is 18.7 Å². The summed E-state index contributed by atoms with van der Waals surface area (Å²) in [5, 5.41) is 22.6. The van der Waals surface area contributed by atoms with Crippen LogP contribution in [-0.2, 0) is 4.79 Å². The maximum Gasteiger partial charge on any atom is 0.241 e. The van der Waals surface area contributed by atoms with Crippen LogP contribution in [-0.4, -0.2) is 64.1 Å². The molecule has 2 aromatic carbocycles. The number of amides is 1. The lowest BCUT2D eigenvalue weighted by molar-refractivity contribution is -0.133. The summed E-state index contributed by atoms with van der Waals surface area (Å²) in [7, 11) is 0. The Labute approximate surface area is 198 Å². The molecule has 0 spiro atoms. The topological polar surface area (TPSA) is 115 Å². The van der Waals surface area contributed by atoms with Crippen molar-refractivity contribution in [2.24, 2.45) is 0 Å². The molecule has 0 unspecified atom stereocenters. The van der Waals surface area contributed by atoms with Crippen LogP contribution in [0.5, 0.6) is 5.75 Å². The van der Waals surface area contributed by atoms with Crippen molar-refractivity contribution >= 4 is 34.2 Å². The number of carbonyl (C=O) groups excluding carboxylic acids is 1. The number of piperazine rings is 1. The number of rotatable bonds is 4. The lowest BCUT2D eigenvalue weighted by Gasteiger charge is -2.41. The first-order valence-corrected chi connectivity index (χ1v) is 11.0. The highest BCUT2D eigenvalue weighted by Gasteiger charge is 2.39. The summed E-state index contributed by atoms with van der Waals surface area (Å²) in [4.78, 5) is 24.6. The summed E-state index contributed by atoms with van der Waals surface area (Å²) in [6.45, 7) is 1.76. The highest BCUT2D eigenvalue weighted by molar-refractivity contribution is 6.34. The van der Waals surface area contributed by atoms with E-state index in [0.29, 0.717) is 37.4 Å². The average Bonchev–Trinajstić information content (AvgIpc) is 3.66. The molecule has 1 amide bonds. The number of nitriles is 1. The summed E-state index contributed by atoms with van der Waals surface area (Å²) >= 11 is 6.39. The summed E-state index contributed by atoms with van der Waals surface area (Å²) < 4.78 is 30.1. The van der Waals surface area contributed by atoms with Crippen LogP contribution < -0.4 is 10.2 Å². The maximum absolute atomic E-state index is 15.6. The lowest BCUT2D eigenvalue weighted by atomic mass is 10.0. The molecule has 2 aliphatic heterocycles. The summed E-state index contributed by atoms with van der Waals surface area (Å²) in [6, 6.07) is 6.68.